The minimum Gasteiger partial charge on any atom is -0.497 e. The molecule has 0 atom stereocenters. The van der Waals surface area contributed by atoms with Gasteiger partial charge in [0.15, 0.2) is 0 Å². The largest absolute Gasteiger partial charge is 0.497 e. The highest BCUT2D eigenvalue weighted by Gasteiger charge is 2.18. The number of methoxy groups -OCH3 is 1. The van der Waals surface area contributed by atoms with Gasteiger partial charge in [0, 0.05) is 36.5 Å². The van der Waals surface area contributed by atoms with Crippen LogP contribution in [0, 0.1) is 5.82 Å². The highest BCUT2D eigenvalue weighted by molar-refractivity contribution is 5.65. The Morgan fingerprint density at radius 3 is 2.59 bits per heavy atom. The van der Waals surface area contributed by atoms with Crippen molar-refractivity contribution in [3.63, 3.8) is 0 Å². The number of hydrogen-bond acceptors (Lipinski definition) is 4. The van der Waals surface area contributed by atoms with E-state index >= 15 is 0 Å². The second-order valence-corrected chi connectivity index (χ2v) is 6.22. The molecule has 0 aliphatic heterocycles. The molecular weight excluding hydrogens is 345 g/mol. The summed E-state index contributed by atoms with van der Waals surface area (Å²) in [5.74, 6) is 0.0925. The molecule has 0 unspecified atom stereocenters. The predicted octanol–water partition coefficient (Wildman–Crippen LogP) is 3.50. The van der Waals surface area contributed by atoms with E-state index in [0.29, 0.717) is 30.1 Å². The van der Waals surface area contributed by atoms with E-state index in [1.54, 1.807) is 16.8 Å². The Hall–Kier alpha value is -2.70. The fourth-order valence-corrected chi connectivity index (χ4v) is 3.01. The van der Waals surface area contributed by atoms with E-state index in [4.69, 9.17) is 4.74 Å². The Labute approximate surface area is 158 Å². The van der Waals surface area contributed by atoms with Crippen LogP contribution in [0.4, 0.5) is 4.39 Å². The summed E-state index contributed by atoms with van der Waals surface area (Å²) >= 11 is 0. The first-order valence-corrected chi connectivity index (χ1v) is 8.97. The molecule has 0 spiro atoms. The van der Waals surface area contributed by atoms with Gasteiger partial charge in [-0.25, -0.2) is 9.07 Å². The smallest absolute Gasteiger partial charge is 0.136 e. The lowest BCUT2D eigenvalue weighted by Gasteiger charge is -2.18. The standard InChI is InChI=1S/C21H24FN3O2/c1-3-24(11-12-26)14-16-15-25(17-7-5-4-6-8-17)23-21(16)19-10-9-18(27-2)13-20(19)22/h4-10,13,15,26H,3,11-12,14H2,1-2H3. The van der Waals surface area contributed by atoms with Crippen molar-refractivity contribution in [2.24, 2.45) is 0 Å². The Morgan fingerprint density at radius 2 is 1.96 bits per heavy atom. The molecule has 6 heteroatoms. The van der Waals surface area contributed by atoms with Crippen LogP contribution < -0.4 is 4.74 Å². The molecule has 3 rings (SSSR count). The molecule has 142 valence electrons. The van der Waals surface area contributed by atoms with E-state index < -0.39 is 0 Å². The van der Waals surface area contributed by atoms with Crippen LogP contribution in [-0.4, -0.2) is 46.6 Å². The van der Waals surface area contributed by atoms with Crippen LogP contribution in [0.15, 0.2) is 54.7 Å². The molecule has 0 aliphatic rings. The maximum Gasteiger partial charge on any atom is 0.136 e. The maximum absolute atomic E-state index is 14.7. The van der Waals surface area contributed by atoms with Gasteiger partial charge in [-0.2, -0.15) is 5.10 Å². The number of rotatable bonds is 8. The summed E-state index contributed by atoms with van der Waals surface area (Å²) in [7, 11) is 1.51. The number of aliphatic hydroxyl groups is 1. The average Bonchev–Trinajstić information content (AvgIpc) is 3.11. The quantitative estimate of drug-likeness (QED) is 0.660. The monoisotopic (exact) mass is 369 g/mol. The fraction of sp³-hybridized carbons (Fsp3) is 0.286. The van der Waals surface area contributed by atoms with Crippen LogP contribution in [0.1, 0.15) is 12.5 Å². The van der Waals surface area contributed by atoms with Gasteiger partial charge in [-0.05, 0) is 30.8 Å². The van der Waals surface area contributed by atoms with Gasteiger partial charge in [-0.1, -0.05) is 25.1 Å². The summed E-state index contributed by atoms with van der Waals surface area (Å²) in [6.45, 7) is 4.02. The number of likely N-dealkylation sites (N-methyl/N-ethyl adjacent to an activating group) is 1. The van der Waals surface area contributed by atoms with Crippen molar-refractivity contribution in [3.05, 3.63) is 66.1 Å². The zero-order valence-electron chi connectivity index (χ0n) is 15.6. The predicted molar refractivity (Wildman–Crippen MR) is 104 cm³/mol. The third-order valence-electron chi connectivity index (χ3n) is 4.50. The van der Waals surface area contributed by atoms with E-state index in [0.717, 1.165) is 17.8 Å². The maximum atomic E-state index is 14.7. The molecule has 1 aromatic heterocycles. The first kappa shape index (κ1) is 19.1. The lowest BCUT2D eigenvalue weighted by Crippen LogP contribution is -2.26. The molecule has 0 amide bonds. The molecule has 0 aliphatic carbocycles. The summed E-state index contributed by atoms with van der Waals surface area (Å²) in [4.78, 5) is 2.09. The van der Waals surface area contributed by atoms with Crippen LogP contribution >= 0.6 is 0 Å². The van der Waals surface area contributed by atoms with E-state index in [1.807, 2.05) is 43.5 Å². The van der Waals surface area contributed by atoms with Crippen molar-refractivity contribution in [3.8, 4) is 22.7 Å². The van der Waals surface area contributed by atoms with Gasteiger partial charge in [0.2, 0.25) is 0 Å². The van der Waals surface area contributed by atoms with E-state index in [9.17, 15) is 9.50 Å². The molecule has 0 saturated carbocycles. The second-order valence-electron chi connectivity index (χ2n) is 6.22. The highest BCUT2D eigenvalue weighted by atomic mass is 19.1. The second kappa shape index (κ2) is 8.79. The minimum atomic E-state index is -0.376. The van der Waals surface area contributed by atoms with Crippen molar-refractivity contribution in [1.29, 1.82) is 0 Å². The van der Waals surface area contributed by atoms with E-state index in [-0.39, 0.29) is 12.4 Å². The van der Waals surface area contributed by atoms with Crippen LogP contribution in [0.25, 0.3) is 16.9 Å². The normalized spacial score (nSPS) is 11.1. The van der Waals surface area contributed by atoms with Crippen molar-refractivity contribution in [2.75, 3.05) is 26.8 Å². The molecule has 0 fully saturated rings. The third-order valence-corrected chi connectivity index (χ3v) is 4.50. The van der Waals surface area contributed by atoms with Gasteiger partial charge in [0.05, 0.1) is 19.4 Å². The van der Waals surface area contributed by atoms with Crippen molar-refractivity contribution >= 4 is 0 Å². The summed E-state index contributed by atoms with van der Waals surface area (Å²) in [6, 6.07) is 14.5. The van der Waals surface area contributed by atoms with Crippen LogP contribution in [0.3, 0.4) is 0 Å². The van der Waals surface area contributed by atoms with Crippen LogP contribution in [-0.2, 0) is 6.54 Å². The Balaban J connectivity index is 2.06. The molecule has 0 saturated heterocycles. The van der Waals surface area contributed by atoms with Gasteiger partial charge < -0.3 is 9.84 Å². The number of benzene rings is 2. The third kappa shape index (κ3) is 4.35. The Bertz CT molecular complexity index is 880. The van der Waals surface area contributed by atoms with E-state index in [2.05, 4.69) is 10.00 Å². The first-order valence-electron chi connectivity index (χ1n) is 8.97. The number of ether oxygens (including phenoxy) is 1. The molecule has 0 radical (unpaired) electrons. The van der Waals surface area contributed by atoms with Crippen molar-refractivity contribution in [1.82, 2.24) is 14.7 Å². The number of aromatic nitrogens is 2. The number of nitrogens with zero attached hydrogens (tertiary/aromatic N) is 3. The topological polar surface area (TPSA) is 50.5 Å². The minimum absolute atomic E-state index is 0.0763. The van der Waals surface area contributed by atoms with Gasteiger partial charge in [-0.3, -0.25) is 4.90 Å². The number of halogens is 1. The lowest BCUT2D eigenvalue weighted by atomic mass is 10.1. The molecular formula is C21H24FN3O2. The molecule has 27 heavy (non-hydrogen) atoms. The van der Waals surface area contributed by atoms with Gasteiger partial charge in [-0.15, -0.1) is 0 Å². The molecule has 1 heterocycles. The molecule has 2 aromatic carbocycles. The van der Waals surface area contributed by atoms with Gasteiger partial charge >= 0.3 is 0 Å². The van der Waals surface area contributed by atoms with Crippen LogP contribution in [0.5, 0.6) is 5.75 Å². The summed E-state index contributed by atoms with van der Waals surface area (Å²) in [5, 5.41) is 13.9. The first-order chi connectivity index (χ1) is 13.2. The molecule has 5 nitrogen and oxygen atoms in total. The molecule has 0 bridgehead atoms. The number of aliphatic hydroxyl groups excluding tert-OH is 1. The summed E-state index contributed by atoms with van der Waals surface area (Å²) in [6.07, 6.45) is 1.92. The lowest BCUT2D eigenvalue weighted by molar-refractivity contribution is 0.197. The van der Waals surface area contributed by atoms with Crippen molar-refractivity contribution < 1.29 is 14.2 Å². The summed E-state index contributed by atoms with van der Waals surface area (Å²) < 4.78 is 21.6. The Morgan fingerprint density at radius 1 is 1.19 bits per heavy atom. The highest BCUT2D eigenvalue weighted by Crippen LogP contribution is 2.29. The van der Waals surface area contributed by atoms with Crippen LogP contribution in [0.2, 0.25) is 0 Å². The number of para-hydroxylation sites is 1. The molecule has 1 N–H and O–H groups in total. The fourth-order valence-electron chi connectivity index (χ4n) is 3.01. The van der Waals surface area contributed by atoms with Gasteiger partial charge in [0.1, 0.15) is 17.3 Å². The van der Waals surface area contributed by atoms with Gasteiger partial charge in [0.25, 0.3) is 0 Å². The zero-order valence-corrected chi connectivity index (χ0v) is 15.6. The van der Waals surface area contributed by atoms with Crippen molar-refractivity contribution in [2.45, 2.75) is 13.5 Å². The SMILES string of the molecule is CCN(CCO)Cc1cn(-c2ccccc2)nc1-c1ccc(OC)cc1F. The summed E-state index contributed by atoms with van der Waals surface area (Å²) in [5.41, 5.74) is 2.83. The number of hydrogen-bond donors (Lipinski definition) is 1. The zero-order chi connectivity index (χ0) is 19.2. The van der Waals surface area contributed by atoms with E-state index in [1.165, 1.54) is 13.2 Å². The molecule has 3 aromatic rings. The average molecular weight is 369 g/mol. The Kier molecular flexibility index (Phi) is 6.21.